The van der Waals surface area contributed by atoms with Crippen LogP contribution in [0.15, 0.2) is 17.3 Å². The van der Waals surface area contributed by atoms with Crippen molar-refractivity contribution in [2.24, 2.45) is 5.16 Å². The van der Waals surface area contributed by atoms with Crippen LogP contribution in [0.2, 0.25) is 0 Å². The molecule has 1 N–H and O–H groups in total. The zero-order valence-electron chi connectivity index (χ0n) is 13.0. The molecule has 0 saturated carbocycles. The van der Waals surface area contributed by atoms with Gasteiger partial charge in [-0.2, -0.15) is 5.10 Å². The van der Waals surface area contributed by atoms with Gasteiger partial charge in [-0.25, -0.2) is 9.50 Å². The van der Waals surface area contributed by atoms with E-state index < -0.39 is 0 Å². The molecule has 1 atom stereocenters. The highest BCUT2D eigenvalue weighted by Crippen LogP contribution is 2.12. The predicted molar refractivity (Wildman–Crippen MR) is 82.0 cm³/mol. The quantitative estimate of drug-likeness (QED) is 0.930. The summed E-state index contributed by atoms with van der Waals surface area (Å²) in [4.78, 5) is 21.9. The van der Waals surface area contributed by atoms with Crippen LogP contribution in [0.4, 0.5) is 0 Å². The Morgan fingerprint density at radius 1 is 1.45 bits per heavy atom. The highest BCUT2D eigenvalue weighted by atomic mass is 16.6. The van der Waals surface area contributed by atoms with Gasteiger partial charge in [0.15, 0.2) is 5.65 Å². The molecule has 0 radical (unpaired) electrons. The van der Waals surface area contributed by atoms with Gasteiger partial charge in [-0.3, -0.25) is 4.79 Å². The van der Waals surface area contributed by atoms with Gasteiger partial charge in [0.05, 0.1) is 18.0 Å². The maximum Gasteiger partial charge on any atom is 0.270 e. The number of rotatable bonds is 4. The van der Waals surface area contributed by atoms with Crippen molar-refractivity contribution in [3.05, 3.63) is 29.2 Å². The van der Waals surface area contributed by atoms with E-state index in [0.717, 1.165) is 29.9 Å². The Morgan fingerprint density at radius 3 is 3.00 bits per heavy atom. The lowest BCUT2D eigenvalue weighted by Gasteiger charge is -2.10. The SMILES string of the molecule is CCC1=NO[C@H](CNC(=O)c2cc(C)n3nc(C)cc3n2)C1. The molecule has 1 aliphatic rings. The molecular weight excluding hydrogens is 282 g/mol. The minimum absolute atomic E-state index is 0.0825. The first-order chi connectivity index (χ1) is 10.6. The first-order valence-electron chi connectivity index (χ1n) is 7.40. The van der Waals surface area contributed by atoms with Crippen LogP contribution in [0, 0.1) is 13.8 Å². The lowest BCUT2D eigenvalue weighted by molar-refractivity contribution is 0.0751. The average Bonchev–Trinajstić information content (AvgIpc) is 3.10. The monoisotopic (exact) mass is 301 g/mol. The van der Waals surface area contributed by atoms with Gasteiger partial charge in [0.25, 0.3) is 5.91 Å². The number of hydrogen-bond acceptors (Lipinski definition) is 5. The van der Waals surface area contributed by atoms with E-state index in [-0.39, 0.29) is 12.0 Å². The van der Waals surface area contributed by atoms with E-state index >= 15 is 0 Å². The molecule has 0 spiro atoms. The summed E-state index contributed by atoms with van der Waals surface area (Å²) in [6.07, 6.45) is 1.56. The van der Waals surface area contributed by atoms with Crippen molar-refractivity contribution in [2.75, 3.05) is 6.54 Å². The minimum Gasteiger partial charge on any atom is -0.390 e. The predicted octanol–water partition coefficient (Wildman–Crippen LogP) is 1.63. The van der Waals surface area contributed by atoms with Crippen LogP contribution >= 0.6 is 0 Å². The van der Waals surface area contributed by atoms with Crippen molar-refractivity contribution >= 4 is 17.3 Å². The van der Waals surface area contributed by atoms with Crippen molar-refractivity contribution in [1.29, 1.82) is 0 Å². The number of carbonyl (C=O) groups excluding carboxylic acids is 1. The fourth-order valence-electron chi connectivity index (χ4n) is 2.46. The number of nitrogens with one attached hydrogen (secondary N) is 1. The molecule has 1 aliphatic heterocycles. The van der Waals surface area contributed by atoms with Crippen LogP contribution in [-0.4, -0.2) is 38.9 Å². The Morgan fingerprint density at radius 2 is 2.27 bits per heavy atom. The van der Waals surface area contributed by atoms with Gasteiger partial charge in [0.2, 0.25) is 0 Å². The molecule has 0 aromatic carbocycles. The van der Waals surface area contributed by atoms with Gasteiger partial charge >= 0.3 is 0 Å². The van der Waals surface area contributed by atoms with Crippen molar-refractivity contribution in [3.8, 4) is 0 Å². The maximum atomic E-state index is 12.3. The third-order valence-corrected chi connectivity index (χ3v) is 3.65. The Kier molecular flexibility index (Phi) is 3.79. The molecule has 0 fully saturated rings. The molecule has 2 aromatic heterocycles. The maximum absolute atomic E-state index is 12.3. The topological polar surface area (TPSA) is 80.9 Å². The zero-order valence-corrected chi connectivity index (χ0v) is 13.0. The molecule has 1 amide bonds. The van der Waals surface area contributed by atoms with Gasteiger partial charge < -0.3 is 10.2 Å². The molecule has 22 heavy (non-hydrogen) atoms. The minimum atomic E-state index is -0.210. The molecule has 3 heterocycles. The Labute approximate surface area is 128 Å². The molecule has 0 unspecified atom stereocenters. The number of nitrogens with zero attached hydrogens (tertiary/aromatic N) is 4. The average molecular weight is 301 g/mol. The number of fused-ring (bicyclic) bond motifs is 1. The lowest BCUT2D eigenvalue weighted by Crippen LogP contribution is -2.33. The van der Waals surface area contributed by atoms with E-state index in [4.69, 9.17) is 4.84 Å². The van der Waals surface area contributed by atoms with Gasteiger partial charge in [-0.05, 0) is 26.3 Å². The standard InChI is InChI=1S/C15H19N5O2/c1-4-11-7-12(22-19-11)8-16-15(21)13-6-10(3)20-14(17-13)5-9(2)18-20/h5-6,12H,4,7-8H2,1-3H3,(H,16,21)/t12-/m0/s1. The van der Waals surface area contributed by atoms with Crippen molar-refractivity contribution < 1.29 is 9.63 Å². The van der Waals surface area contributed by atoms with E-state index in [1.807, 2.05) is 26.8 Å². The number of aryl methyl sites for hydroxylation is 2. The summed E-state index contributed by atoms with van der Waals surface area (Å²) in [5.74, 6) is -0.210. The highest BCUT2D eigenvalue weighted by Gasteiger charge is 2.21. The third-order valence-electron chi connectivity index (χ3n) is 3.65. The number of carbonyl (C=O) groups is 1. The van der Waals surface area contributed by atoms with Gasteiger partial charge in [-0.15, -0.1) is 0 Å². The normalized spacial score (nSPS) is 17.4. The third kappa shape index (κ3) is 2.79. The van der Waals surface area contributed by atoms with E-state index in [2.05, 4.69) is 20.6 Å². The Hall–Kier alpha value is -2.44. The molecule has 0 bridgehead atoms. The molecule has 0 aliphatic carbocycles. The van der Waals surface area contributed by atoms with Crippen LogP contribution < -0.4 is 5.32 Å². The second kappa shape index (κ2) is 5.75. The first-order valence-corrected chi connectivity index (χ1v) is 7.40. The Bertz CT molecular complexity index is 750. The van der Waals surface area contributed by atoms with Crippen LogP contribution in [0.25, 0.3) is 5.65 Å². The van der Waals surface area contributed by atoms with E-state index in [1.54, 1.807) is 10.6 Å². The number of aromatic nitrogens is 3. The number of hydrogen-bond donors (Lipinski definition) is 1. The molecule has 116 valence electrons. The largest absolute Gasteiger partial charge is 0.390 e. The van der Waals surface area contributed by atoms with Crippen LogP contribution in [-0.2, 0) is 4.84 Å². The summed E-state index contributed by atoms with van der Waals surface area (Å²) in [5.41, 5.74) is 3.84. The smallest absolute Gasteiger partial charge is 0.270 e. The summed E-state index contributed by atoms with van der Waals surface area (Å²) < 4.78 is 1.73. The van der Waals surface area contributed by atoms with Crippen LogP contribution in [0.3, 0.4) is 0 Å². The van der Waals surface area contributed by atoms with Crippen LogP contribution in [0.5, 0.6) is 0 Å². The summed E-state index contributed by atoms with van der Waals surface area (Å²) >= 11 is 0. The molecule has 2 aromatic rings. The number of amides is 1. The molecule has 7 nitrogen and oxygen atoms in total. The second-order valence-electron chi connectivity index (χ2n) is 5.49. The zero-order chi connectivity index (χ0) is 15.7. The highest BCUT2D eigenvalue weighted by molar-refractivity contribution is 5.93. The van der Waals surface area contributed by atoms with Crippen molar-refractivity contribution in [1.82, 2.24) is 19.9 Å². The molecule has 0 saturated heterocycles. The molecule has 7 heteroatoms. The summed E-state index contributed by atoms with van der Waals surface area (Å²) in [7, 11) is 0. The van der Waals surface area contributed by atoms with Gasteiger partial charge in [0.1, 0.15) is 11.8 Å². The van der Waals surface area contributed by atoms with Gasteiger partial charge in [0, 0.05) is 18.2 Å². The van der Waals surface area contributed by atoms with Crippen LogP contribution in [0.1, 0.15) is 41.6 Å². The summed E-state index contributed by atoms with van der Waals surface area (Å²) in [6, 6.07) is 3.59. The van der Waals surface area contributed by atoms with Crippen molar-refractivity contribution in [3.63, 3.8) is 0 Å². The lowest BCUT2D eigenvalue weighted by atomic mass is 10.1. The van der Waals surface area contributed by atoms with E-state index in [0.29, 0.717) is 17.9 Å². The second-order valence-corrected chi connectivity index (χ2v) is 5.49. The first kappa shape index (κ1) is 14.5. The molecular formula is C15H19N5O2. The van der Waals surface area contributed by atoms with Gasteiger partial charge in [-0.1, -0.05) is 12.1 Å². The molecule has 3 rings (SSSR count). The number of oxime groups is 1. The van der Waals surface area contributed by atoms with Crippen molar-refractivity contribution in [2.45, 2.75) is 39.7 Å². The fraction of sp³-hybridized carbons (Fsp3) is 0.467. The summed E-state index contributed by atoms with van der Waals surface area (Å²) in [5, 5.41) is 11.2. The summed E-state index contributed by atoms with van der Waals surface area (Å²) in [6.45, 7) is 6.27. The van der Waals surface area contributed by atoms with E-state index in [1.165, 1.54) is 0 Å². The van der Waals surface area contributed by atoms with E-state index in [9.17, 15) is 4.79 Å². The fourth-order valence-corrected chi connectivity index (χ4v) is 2.46. The Balaban J connectivity index is 1.67.